The lowest BCUT2D eigenvalue weighted by Crippen LogP contribution is -2.38. The topological polar surface area (TPSA) is 87.7 Å². The fourth-order valence-corrected chi connectivity index (χ4v) is 2.18. The lowest BCUT2D eigenvalue weighted by atomic mass is 9.97. The molecule has 19 heavy (non-hydrogen) atoms. The number of amides is 1. The lowest BCUT2D eigenvalue weighted by molar-refractivity contribution is -0.121. The van der Waals surface area contributed by atoms with Gasteiger partial charge in [0.15, 0.2) is 5.84 Å². The van der Waals surface area contributed by atoms with Gasteiger partial charge >= 0.3 is 0 Å². The van der Waals surface area contributed by atoms with Gasteiger partial charge in [0.25, 0.3) is 0 Å². The van der Waals surface area contributed by atoms with E-state index < -0.39 is 5.92 Å². The van der Waals surface area contributed by atoms with Gasteiger partial charge in [0, 0.05) is 6.54 Å². The Morgan fingerprint density at radius 2 is 2.16 bits per heavy atom. The van der Waals surface area contributed by atoms with Gasteiger partial charge < -0.3 is 16.3 Å². The van der Waals surface area contributed by atoms with E-state index in [0.29, 0.717) is 18.4 Å². The predicted molar refractivity (Wildman–Crippen MR) is 72.9 cm³/mol. The molecule has 4 N–H and O–H groups in total. The van der Waals surface area contributed by atoms with E-state index in [0.717, 1.165) is 12.0 Å². The first-order valence-corrected chi connectivity index (χ1v) is 6.43. The monoisotopic (exact) mass is 261 g/mol. The summed E-state index contributed by atoms with van der Waals surface area (Å²) in [5, 5.41) is 14.7. The number of rotatable bonds is 5. The Balaban J connectivity index is 2.07. The maximum Gasteiger partial charge on any atom is 0.235 e. The standard InChI is InChI=1S/C14H19N3O2/c1-9-7-11(9)8-16-14(18)12(13(15)17-19)10-5-3-2-4-6-10/h2-6,9,11-12,19H,7-8H2,1H3,(H2,15,17)(H,16,18). The van der Waals surface area contributed by atoms with Gasteiger partial charge in [0.2, 0.25) is 5.91 Å². The summed E-state index contributed by atoms with van der Waals surface area (Å²) in [6.07, 6.45) is 1.15. The predicted octanol–water partition coefficient (Wildman–Crippen LogP) is 1.29. The van der Waals surface area contributed by atoms with Crippen molar-refractivity contribution in [2.75, 3.05) is 6.54 Å². The van der Waals surface area contributed by atoms with Gasteiger partial charge in [-0.2, -0.15) is 0 Å². The first kappa shape index (κ1) is 13.4. The second-order valence-electron chi connectivity index (χ2n) is 5.09. The van der Waals surface area contributed by atoms with E-state index in [-0.39, 0.29) is 11.7 Å². The number of oxime groups is 1. The van der Waals surface area contributed by atoms with Crippen LogP contribution in [0.5, 0.6) is 0 Å². The maximum atomic E-state index is 12.2. The molecule has 2 rings (SSSR count). The Bertz CT molecular complexity index is 473. The highest BCUT2D eigenvalue weighted by Gasteiger charge is 2.33. The van der Waals surface area contributed by atoms with Crippen LogP contribution in [0.25, 0.3) is 0 Å². The van der Waals surface area contributed by atoms with E-state index >= 15 is 0 Å². The van der Waals surface area contributed by atoms with Crippen molar-refractivity contribution >= 4 is 11.7 Å². The number of hydrogen-bond donors (Lipinski definition) is 3. The van der Waals surface area contributed by atoms with Gasteiger partial charge in [-0.15, -0.1) is 0 Å². The van der Waals surface area contributed by atoms with Crippen molar-refractivity contribution in [1.82, 2.24) is 5.32 Å². The van der Waals surface area contributed by atoms with Crippen LogP contribution in [0, 0.1) is 11.8 Å². The number of nitrogens with zero attached hydrogens (tertiary/aromatic N) is 1. The quantitative estimate of drug-likeness (QED) is 0.323. The molecule has 3 atom stereocenters. The van der Waals surface area contributed by atoms with Crippen LogP contribution in [0.1, 0.15) is 24.8 Å². The number of carbonyl (C=O) groups is 1. The smallest absolute Gasteiger partial charge is 0.235 e. The fraction of sp³-hybridized carbons (Fsp3) is 0.429. The third kappa shape index (κ3) is 3.24. The zero-order valence-electron chi connectivity index (χ0n) is 10.9. The lowest BCUT2D eigenvalue weighted by Gasteiger charge is -2.15. The summed E-state index contributed by atoms with van der Waals surface area (Å²) in [5.41, 5.74) is 6.36. The van der Waals surface area contributed by atoms with E-state index in [2.05, 4.69) is 17.4 Å². The maximum absolute atomic E-state index is 12.2. The van der Waals surface area contributed by atoms with Crippen molar-refractivity contribution in [2.45, 2.75) is 19.3 Å². The van der Waals surface area contributed by atoms with Crippen molar-refractivity contribution in [3.8, 4) is 0 Å². The van der Waals surface area contributed by atoms with Crippen LogP contribution in [0.3, 0.4) is 0 Å². The minimum absolute atomic E-state index is 0.0902. The third-order valence-corrected chi connectivity index (χ3v) is 3.62. The summed E-state index contributed by atoms with van der Waals surface area (Å²) in [4.78, 5) is 12.2. The van der Waals surface area contributed by atoms with E-state index in [1.165, 1.54) is 0 Å². The van der Waals surface area contributed by atoms with Crippen LogP contribution < -0.4 is 11.1 Å². The Hall–Kier alpha value is -2.04. The highest BCUT2D eigenvalue weighted by molar-refractivity contribution is 6.07. The number of nitrogens with two attached hydrogens (primary N) is 1. The second-order valence-corrected chi connectivity index (χ2v) is 5.09. The van der Waals surface area contributed by atoms with Gasteiger partial charge in [-0.05, 0) is 23.8 Å². The molecule has 1 fully saturated rings. The Morgan fingerprint density at radius 1 is 1.53 bits per heavy atom. The second kappa shape index (κ2) is 5.73. The SMILES string of the molecule is CC1CC1CNC(=O)C(/C(N)=N/O)c1ccccc1. The normalized spacial score (nSPS) is 23.7. The Labute approximate surface area is 112 Å². The number of carbonyl (C=O) groups excluding carboxylic acids is 1. The third-order valence-electron chi connectivity index (χ3n) is 3.62. The van der Waals surface area contributed by atoms with Crippen LogP contribution in [0.15, 0.2) is 35.5 Å². The zero-order chi connectivity index (χ0) is 13.8. The van der Waals surface area contributed by atoms with Crippen LogP contribution in [0.2, 0.25) is 0 Å². The zero-order valence-corrected chi connectivity index (χ0v) is 10.9. The highest BCUT2D eigenvalue weighted by Crippen LogP contribution is 2.36. The molecule has 1 aliphatic carbocycles. The summed E-state index contributed by atoms with van der Waals surface area (Å²) >= 11 is 0. The van der Waals surface area contributed by atoms with Crippen molar-refractivity contribution in [3.63, 3.8) is 0 Å². The van der Waals surface area contributed by atoms with Gasteiger partial charge in [0.05, 0.1) is 0 Å². The molecule has 0 bridgehead atoms. The van der Waals surface area contributed by atoms with Gasteiger partial charge in [-0.3, -0.25) is 4.79 Å². The summed E-state index contributed by atoms with van der Waals surface area (Å²) < 4.78 is 0. The molecular weight excluding hydrogens is 242 g/mol. The van der Waals surface area contributed by atoms with Crippen molar-refractivity contribution in [1.29, 1.82) is 0 Å². The van der Waals surface area contributed by atoms with Gasteiger partial charge in [-0.25, -0.2) is 0 Å². The van der Waals surface area contributed by atoms with Crippen LogP contribution in [-0.4, -0.2) is 23.5 Å². The molecule has 1 aliphatic rings. The molecule has 1 aromatic carbocycles. The first-order valence-electron chi connectivity index (χ1n) is 6.43. The molecule has 1 aromatic rings. The van der Waals surface area contributed by atoms with E-state index in [1.54, 1.807) is 12.1 Å². The van der Waals surface area contributed by atoms with Crippen LogP contribution >= 0.6 is 0 Å². The summed E-state index contributed by atoms with van der Waals surface area (Å²) in [7, 11) is 0. The molecule has 0 radical (unpaired) electrons. The molecule has 0 aromatic heterocycles. The number of hydrogen-bond acceptors (Lipinski definition) is 3. The summed E-state index contributed by atoms with van der Waals surface area (Å²) in [5.74, 6) is 0.195. The van der Waals surface area contributed by atoms with Gasteiger partial charge in [-0.1, -0.05) is 42.4 Å². The molecule has 1 amide bonds. The van der Waals surface area contributed by atoms with Gasteiger partial charge in [0.1, 0.15) is 5.92 Å². The average molecular weight is 261 g/mol. The minimum atomic E-state index is -0.736. The summed E-state index contributed by atoms with van der Waals surface area (Å²) in [6.45, 7) is 2.82. The molecule has 0 heterocycles. The largest absolute Gasteiger partial charge is 0.409 e. The van der Waals surface area contributed by atoms with Crippen molar-refractivity contribution < 1.29 is 10.0 Å². The van der Waals surface area contributed by atoms with Crippen molar-refractivity contribution in [2.24, 2.45) is 22.7 Å². The molecular formula is C14H19N3O2. The fourth-order valence-electron chi connectivity index (χ4n) is 2.18. The minimum Gasteiger partial charge on any atom is -0.409 e. The summed E-state index contributed by atoms with van der Waals surface area (Å²) in [6, 6.07) is 9.09. The Morgan fingerprint density at radius 3 is 2.68 bits per heavy atom. The van der Waals surface area contributed by atoms with E-state index in [9.17, 15) is 4.79 Å². The molecule has 5 heteroatoms. The van der Waals surface area contributed by atoms with Crippen molar-refractivity contribution in [3.05, 3.63) is 35.9 Å². The first-order chi connectivity index (χ1) is 9.13. The van der Waals surface area contributed by atoms with Crippen LogP contribution in [-0.2, 0) is 4.79 Å². The molecule has 0 saturated heterocycles. The number of amidine groups is 1. The molecule has 5 nitrogen and oxygen atoms in total. The number of nitrogens with one attached hydrogen (secondary N) is 1. The average Bonchev–Trinajstić information content (AvgIpc) is 3.13. The Kier molecular flexibility index (Phi) is 4.04. The molecule has 1 saturated carbocycles. The van der Waals surface area contributed by atoms with E-state index in [1.807, 2.05) is 18.2 Å². The molecule has 3 unspecified atom stereocenters. The molecule has 0 spiro atoms. The molecule has 0 aliphatic heterocycles. The van der Waals surface area contributed by atoms with E-state index in [4.69, 9.17) is 10.9 Å². The number of benzene rings is 1. The highest BCUT2D eigenvalue weighted by atomic mass is 16.4. The molecule has 102 valence electrons. The van der Waals surface area contributed by atoms with Crippen LogP contribution in [0.4, 0.5) is 0 Å².